The lowest BCUT2D eigenvalue weighted by Gasteiger charge is -2.06. The molecule has 2 aromatic rings. The number of nitrogens with two attached hydrogens (primary N) is 1. The molecule has 2 rings (SSSR count). The van der Waals surface area contributed by atoms with Crippen LogP contribution in [0.2, 0.25) is 0 Å². The Balaban J connectivity index is 1.75. The summed E-state index contributed by atoms with van der Waals surface area (Å²) in [4.78, 5) is 15.8. The van der Waals surface area contributed by atoms with Crippen LogP contribution in [0.4, 0.5) is 9.18 Å². The first-order chi connectivity index (χ1) is 12.6. The van der Waals surface area contributed by atoms with Crippen molar-refractivity contribution in [2.75, 3.05) is 13.1 Å². The first-order valence-electron chi connectivity index (χ1n) is 7.92. The summed E-state index contributed by atoms with van der Waals surface area (Å²) in [5.74, 6) is -0.390. The fourth-order valence-electron chi connectivity index (χ4n) is 2.08. The minimum atomic E-state index is -0.517. The van der Waals surface area contributed by atoms with Gasteiger partial charge in [0.1, 0.15) is 12.4 Å². The number of carbonyl (C=O) groups is 1. The molecule has 0 atom stereocenters. The van der Waals surface area contributed by atoms with E-state index in [0.717, 1.165) is 10.0 Å². The van der Waals surface area contributed by atoms with Crippen LogP contribution in [0.25, 0.3) is 5.57 Å². The summed E-state index contributed by atoms with van der Waals surface area (Å²) in [7, 11) is 0. The highest BCUT2D eigenvalue weighted by Gasteiger charge is 2.06. The number of carbonyl (C=O) groups excluding carboxylic acids is 1. The Morgan fingerprint density at radius 3 is 2.77 bits per heavy atom. The summed E-state index contributed by atoms with van der Waals surface area (Å²) in [5, 5.41) is 2.60. The van der Waals surface area contributed by atoms with Gasteiger partial charge in [-0.15, -0.1) is 0 Å². The van der Waals surface area contributed by atoms with E-state index in [2.05, 4.69) is 26.2 Å². The van der Waals surface area contributed by atoms with Gasteiger partial charge >= 0.3 is 6.09 Å². The third-order valence-electron chi connectivity index (χ3n) is 3.37. The van der Waals surface area contributed by atoms with Crippen LogP contribution in [0, 0.1) is 5.82 Å². The van der Waals surface area contributed by atoms with E-state index in [0.29, 0.717) is 24.2 Å². The molecule has 0 radical (unpaired) electrons. The molecule has 0 spiro atoms. The van der Waals surface area contributed by atoms with Crippen molar-refractivity contribution < 1.29 is 13.9 Å². The number of aliphatic imine (C=N–C) groups is 1. The zero-order chi connectivity index (χ0) is 18.8. The second-order valence-corrected chi connectivity index (χ2v) is 6.19. The highest BCUT2D eigenvalue weighted by Crippen LogP contribution is 2.21. The largest absolute Gasteiger partial charge is 0.445 e. The summed E-state index contributed by atoms with van der Waals surface area (Å²) in [6, 6.07) is 14.0. The van der Waals surface area contributed by atoms with Gasteiger partial charge in [-0.25, -0.2) is 9.18 Å². The molecule has 7 heteroatoms. The van der Waals surface area contributed by atoms with E-state index >= 15 is 0 Å². The Bertz CT molecular complexity index is 795. The Morgan fingerprint density at radius 1 is 1.27 bits per heavy atom. The zero-order valence-electron chi connectivity index (χ0n) is 14.0. The van der Waals surface area contributed by atoms with Crippen LogP contribution in [0.15, 0.2) is 64.2 Å². The highest BCUT2D eigenvalue weighted by atomic mass is 79.9. The van der Waals surface area contributed by atoms with Crippen molar-refractivity contribution in [2.24, 2.45) is 10.7 Å². The van der Waals surface area contributed by atoms with E-state index in [1.54, 1.807) is 12.1 Å². The molecule has 0 bridgehead atoms. The molecule has 5 nitrogen and oxygen atoms in total. The van der Waals surface area contributed by atoms with Crippen LogP contribution in [-0.4, -0.2) is 25.4 Å². The fourth-order valence-corrected chi connectivity index (χ4v) is 2.44. The van der Waals surface area contributed by atoms with E-state index < -0.39 is 6.09 Å². The van der Waals surface area contributed by atoms with Crippen LogP contribution < -0.4 is 11.1 Å². The Hall–Kier alpha value is -2.67. The summed E-state index contributed by atoms with van der Waals surface area (Å²) < 4.78 is 19.7. The van der Waals surface area contributed by atoms with Crippen LogP contribution in [-0.2, 0) is 11.3 Å². The predicted octanol–water partition coefficient (Wildman–Crippen LogP) is 3.89. The molecule has 3 N–H and O–H groups in total. The molecular formula is C19H19BrFN3O2. The van der Waals surface area contributed by atoms with Gasteiger partial charge in [-0.3, -0.25) is 4.99 Å². The normalized spacial score (nSPS) is 11.5. The molecule has 2 aromatic carbocycles. The summed E-state index contributed by atoms with van der Waals surface area (Å²) >= 11 is 3.29. The van der Waals surface area contributed by atoms with Crippen molar-refractivity contribution in [1.82, 2.24) is 5.32 Å². The van der Waals surface area contributed by atoms with Gasteiger partial charge in [0, 0.05) is 34.6 Å². The number of nitrogens with zero attached hydrogens (tertiary/aromatic N) is 1. The molecule has 0 aliphatic rings. The number of amides is 1. The van der Waals surface area contributed by atoms with Gasteiger partial charge in [0.15, 0.2) is 0 Å². The van der Waals surface area contributed by atoms with E-state index in [4.69, 9.17) is 10.5 Å². The number of allylic oxidation sites excluding steroid dienone is 1. The lowest BCUT2D eigenvalue weighted by molar-refractivity contribution is 0.140. The van der Waals surface area contributed by atoms with Gasteiger partial charge in [0.2, 0.25) is 0 Å². The molecule has 0 aliphatic carbocycles. The molecule has 0 aliphatic heterocycles. The van der Waals surface area contributed by atoms with E-state index in [1.807, 2.05) is 30.3 Å². The highest BCUT2D eigenvalue weighted by molar-refractivity contribution is 9.10. The average molecular weight is 420 g/mol. The third-order valence-corrected chi connectivity index (χ3v) is 3.87. The first-order valence-corrected chi connectivity index (χ1v) is 8.71. The molecule has 1 amide bonds. The van der Waals surface area contributed by atoms with Crippen LogP contribution >= 0.6 is 15.9 Å². The van der Waals surface area contributed by atoms with Gasteiger partial charge < -0.3 is 15.8 Å². The smallest absolute Gasteiger partial charge is 0.407 e. The molecular weight excluding hydrogens is 401 g/mol. The molecule has 0 unspecified atom stereocenters. The van der Waals surface area contributed by atoms with Crippen molar-refractivity contribution in [2.45, 2.75) is 6.61 Å². The summed E-state index contributed by atoms with van der Waals surface area (Å²) in [5.41, 5.74) is 7.27. The zero-order valence-corrected chi connectivity index (χ0v) is 15.6. The van der Waals surface area contributed by atoms with Gasteiger partial charge in [-0.05, 0) is 23.8 Å². The SMILES string of the molecule is NC=C(C=NCCNC(=O)OCc1ccccc1)c1cc(Br)ccc1F. The van der Waals surface area contributed by atoms with Crippen molar-refractivity contribution in [1.29, 1.82) is 0 Å². The van der Waals surface area contributed by atoms with E-state index in [1.165, 1.54) is 18.5 Å². The number of benzene rings is 2. The molecule has 0 aromatic heterocycles. The van der Waals surface area contributed by atoms with Crippen molar-refractivity contribution in [3.63, 3.8) is 0 Å². The number of rotatable bonds is 7. The molecule has 0 fully saturated rings. The second kappa shape index (κ2) is 10.4. The van der Waals surface area contributed by atoms with Crippen LogP contribution in [0.5, 0.6) is 0 Å². The molecule has 136 valence electrons. The van der Waals surface area contributed by atoms with Gasteiger partial charge in [-0.1, -0.05) is 46.3 Å². The van der Waals surface area contributed by atoms with E-state index in [9.17, 15) is 9.18 Å². The number of halogens is 2. The fraction of sp³-hybridized carbons (Fsp3) is 0.158. The number of ether oxygens (including phenoxy) is 1. The van der Waals surface area contributed by atoms with Gasteiger partial charge in [0.05, 0.1) is 6.54 Å². The number of hydrogen-bond acceptors (Lipinski definition) is 4. The maximum Gasteiger partial charge on any atom is 0.407 e. The maximum absolute atomic E-state index is 13.9. The molecule has 26 heavy (non-hydrogen) atoms. The third kappa shape index (κ3) is 6.33. The molecule has 0 saturated carbocycles. The van der Waals surface area contributed by atoms with Crippen LogP contribution in [0.1, 0.15) is 11.1 Å². The minimum Gasteiger partial charge on any atom is -0.445 e. The maximum atomic E-state index is 13.9. The standard InChI is InChI=1S/C19H19BrFN3O2/c20-16-6-7-18(21)17(10-16)15(11-22)12-23-8-9-24-19(25)26-13-14-4-2-1-3-5-14/h1-7,10-12H,8-9,13,22H2,(H,24,25). The number of alkyl carbamates (subject to hydrolysis) is 1. The van der Waals surface area contributed by atoms with Crippen molar-refractivity contribution >= 4 is 33.8 Å². The Labute approximate surface area is 159 Å². The topological polar surface area (TPSA) is 76.7 Å². The summed E-state index contributed by atoms with van der Waals surface area (Å²) in [6.07, 6.45) is 2.24. The van der Waals surface area contributed by atoms with Crippen LogP contribution in [0.3, 0.4) is 0 Å². The Morgan fingerprint density at radius 2 is 2.04 bits per heavy atom. The monoisotopic (exact) mass is 419 g/mol. The number of hydrogen-bond donors (Lipinski definition) is 2. The number of nitrogens with one attached hydrogen (secondary N) is 1. The molecule has 0 heterocycles. The van der Waals surface area contributed by atoms with Crippen molar-refractivity contribution in [3.05, 3.63) is 76.1 Å². The lowest BCUT2D eigenvalue weighted by atomic mass is 10.1. The Kier molecular flexibility index (Phi) is 7.82. The lowest BCUT2D eigenvalue weighted by Crippen LogP contribution is -2.26. The van der Waals surface area contributed by atoms with Gasteiger partial charge in [-0.2, -0.15) is 0 Å². The first kappa shape index (κ1) is 19.7. The predicted molar refractivity (Wildman–Crippen MR) is 104 cm³/mol. The molecule has 0 saturated heterocycles. The average Bonchev–Trinajstić information content (AvgIpc) is 2.66. The van der Waals surface area contributed by atoms with Gasteiger partial charge in [0.25, 0.3) is 0 Å². The quantitative estimate of drug-likeness (QED) is 0.527. The minimum absolute atomic E-state index is 0.207. The second-order valence-electron chi connectivity index (χ2n) is 5.27. The summed E-state index contributed by atoms with van der Waals surface area (Å²) in [6.45, 7) is 0.814. The van der Waals surface area contributed by atoms with E-state index in [-0.39, 0.29) is 12.4 Å². The van der Waals surface area contributed by atoms with Crippen molar-refractivity contribution in [3.8, 4) is 0 Å².